The van der Waals surface area contributed by atoms with Crippen LogP contribution in [-0.4, -0.2) is 25.1 Å². The molecule has 128 valence electrons. The topological polar surface area (TPSA) is 70.5 Å². The van der Waals surface area contributed by atoms with Gasteiger partial charge in [-0.15, -0.1) is 0 Å². The molecular formula is C19H18N2O3S. The van der Waals surface area contributed by atoms with Gasteiger partial charge in [-0.2, -0.15) is 0 Å². The van der Waals surface area contributed by atoms with Crippen molar-refractivity contribution < 1.29 is 13.5 Å². The van der Waals surface area contributed by atoms with Crippen molar-refractivity contribution in [3.63, 3.8) is 0 Å². The van der Waals surface area contributed by atoms with Gasteiger partial charge in [-0.05, 0) is 31.0 Å². The van der Waals surface area contributed by atoms with E-state index in [0.717, 1.165) is 5.39 Å². The van der Waals surface area contributed by atoms with Crippen LogP contribution in [0.15, 0.2) is 65.8 Å². The highest BCUT2D eigenvalue weighted by molar-refractivity contribution is 7.93. The number of sulfonamides is 1. The van der Waals surface area contributed by atoms with Gasteiger partial charge in [-0.25, -0.2) is 8.42 Å². The molecule has 0 fully saturated rings. The molecule has 4 rings (SSSR count). The molecule has 1 N–H and O–H groups in total. The molecule has 0 amide bonds. The molecule has 0 radical (unpaired) electrons. The molecule has 0 aliphatic carbocycles. The van der Waals surface area contributed by atoms with Crippen LogP contribution in [0.4, 0.5) is 5.69 Å². The molecule has 1 unspecified atom stereocenters. The van der Waals surface area contributed by atoms with Crippen LogP contribution in [0.1, 0.15) is 24.5 Å². The van der Waals surface area contributed by atoms with Crippen molar-refractivity contribution in [1.82, 2.24) is 4.98 Å². The zero-order valence-corrected chi connectivity index (χ0v) is 14.4. The number of anilines is 1. The maximum absolute atomic E-state index is 13.4. The van der Waals surface area contributed by atoms with Crippen molar-refractivity contribution in [1.29, 1.82) is 0 Å². The quantitative estimate of drug-likeness (QED) is 0.767. The minimum absolute atomic E-state index is 0.263. The molecule has 2 aromatic carbocycles. The first-order chi connectivity index (χ1) is 12.1. The average Bonchev–Trinajstić information content (AvgIpc) is 2.81. The largest absolute Gasteiger partial charge is 0.388 e. The van der Waals surface area contributed by atoms with E-state index in [1.54, 1.807) is 48.8 Å². The Morgan fingerprint density at radius 2 is 1.92 bits per heavy atom. The first kappa shape index (κ1) is 16.1. The van der Waals surface area contributed by atoms with Crippen molar-refractivity contribution in [3.8, 4) is 0 Å². The number of aliphatic hydroxyl groups excluding tert-OH is 1. The van der Waals surface area contributed by atoms with Gasteiger partial charge in [0.05, 0.1) is 16.7 Å². The van der Waals surface area contributed by atoms with Gasteiger partial charge < -0.3 is 5.11 Å². The second kappa shape index (κ2) is 6.13. The van der Waals surface area contributed by atoms with Gasteiger partial charge >= 0.3 is 0 Å². The fraction of sp³-hybridized carbons (Fsp3) is 0.211. The summed E-state index contributed by atoms with van der Waals surface area (Å²) in [6, 6.07) is 14.1. The number of para-hydroxylation sites is 1. The van der Waals surface area contributed by atoms with Gasteiger partial charge in [0.1, 0.15) is 0 Å². The summed E-state index contributed by atoms with van der Waals surface area (Å²) in [4.78, 5) is 4.33. The Balaban J connectivity index is 1.92. The van der Waals surface area contributed by atoms with Crippen LogP contribution >= 0.6 is 0 Å². The number of pyridine rings is 1. The summed E-state index contributed by atoms with van der Waals surface area (Å²) in [5.41, 5.74) is 1.21. The molecule has 1 aliphatic heterocycles. The third-order valence-corrected chi connectivity index (χ3v) is 6.48. The average molecular weight is 354 g/mol. The molecule has 0 saturated heterocycles. The predicted molar refractivity (Wildman–Crippen MR) is 96.9 cm³/mol. The second-order valence-electron chi connectivity index (χ2n) is 6.15. The van der Waals surface area contributed by atoms with Crippen LogP contribution in [0.25, 0.3) is 10.8 Å². The molecule has 0 spiro atoms. The van der Waals surface area contributed by atoms with E-state index in [1.165, 1.54) is 4.31 Å². The maximum atomic E-state index is 13.4. The highest BCUT2D eigenvalue weighted by atomic mass is 32.2. The van der Waals surface area contributed by atoms with E-state index in [4.69, 9.17) is 0 Å². The third kappa shape index (κ3) is 2.67. The highest BCUT2D eigenvalue weighted by Gasteiger charge is 2.31. The Morgan fingerprint density at radius 1 is 1.08 bits per heavy atom. The van der Waals surface area contributed by atoms with E-state index < -0.39 is 16.1 Å². The number of hydrogen-bond donors (Lipinski definition) is 1. The lowest BCUT2D eigenvalue weighted by Crippen LogP contribution is -2.32. The lowest BCUT2D eigenvalue weighted by molar-refractivity contribution is 0.168. The van der Waals surface area contributed by atoms with Gasteiger partial charge in [-0.3, -0.25) is 9.29 Å². The van der Waals surface area contributed by atoms with Gasteiger partial charge in [0.25, 0.3) is 10.0 Å². The fourth-order valence-corrected chi connectivity index (χ4v) is 5.13. The van der Waals surface area contributed by atoms with E-state index in [-0.39, 0.29) is 4.90 Å². The van der Waals surface area contributed by atoms with Crippen LogP contribution in [-0.2, 0) is 10.0 Å². The van der Waals surface area contributed by atoms with E-state index in [2.05, 4.69) is 4.98 Å². The van der Waals surface area contributed by atoms with Crippen molar-refractivity contribution in [2.75, 3.05) is 10.8 Å². The number of aromatic nitrogens is 1. The number of hydrogen-bond acceptors (Lipinski definition) is 4. The molecule has 2 heterocycles. The number of fused-ring (bicyclic) bond motifs is 2. The summed E-state index contributed by atoms with van der Waals surface area (Å²) in [6.45, 7) is 0.345. The summed E-state index contributed by atoms with van der Waals surface area (Å²) in [5, 5.41) is 11.8. The lowest BCUT2D eigenvalue weighted by atomic mass is 10.1. The number of benzene rings is 2. The van der Waals surface area contributed by atoms with Gasteiger partial charge in [0, 0.05) is 35.3 Å². The summed E-state index contributed by atoms with van der Waals surface area (Å²) < 4.78 is 28.3. The van der Waals surface area contributed by atoms with Gasteiger partial charge in [0.2, 0.25) is 0 Å². The molecule has 3 aromatic rings. The van der Waals surface area contributed by atoms with Crippen LogP contribution in [0.2, 0.25) is 0 Å². The van der Waals surface area contributed by atoms with Crippen molar-refractivity contribution in [2.24, 2.45) is 0 Å². The zero-order valence-electron chi connectivity index (χ0n) is 13.5. The zero-order chi connectivity index (χ0) is 17.4. The van der Waals surface area contributed by atoms with Crippen molar-refractivity contribution in [3.05, 3.63) is 66.5 Å². The first-order valence-electron chi connectivity index (χ1n) is 8.21. The Bertz CT molecular complexity index is 1030. The lowest BCUT2D eigenvalue weighted by Gasteiger charge is -2.25. The molecule has 1 aliphatic rings. The highest BCUT2D eigenvalue weighted by Crippen LogP contribution is 2.37. The van der Waals surface area contributed by atoms with E-state index in [9.17, 15) is 13.5 Å². The Morgan fingerprint density at radius 3 is 2.80 bits per heavy atom. The molecular weight excluding hydrogens is 336 g/mol. The van der Waals surface area contributed by atoms with Crippen LogP contribution in [0.3, 0.4) is 0 Å². The Hall–Kier alpha value is -2.44. The number of rotatable bonds is 2. The summed E-state index contributed by atoms with van der Waals surface area (Å²) in [5.74, 6) is 0. The van der Waals surface area contributed by atoms with Crippen LogP contribution in [0.5, 0.6) is 0 Å². The molecule has 25 heavy (non-hydrogen) atoms. The fourth-order valence-electron chi connectivity index (χ4n) is 3.39. The normalized spacial score (nSPS) is 18.0. The van der Waals surface area contributed by atoms with E-state index in [0.29, 0.717) is 36.0 Å². The van der Waals surface area contributed by atoms with E-state index >= 15 is 0 Å². The van der Waals surface area contributed by atoms with Crippen molar-refractivity contribution >= 4 is 26.5 Å². The molecule has 1 aromatic heterocycles. The second-order valence-corrected chi connectivity index (χ2v) is 7.98. The standard InChI is InChI=1S/C19H18N2O3S/c22-18-8-4-12-21(17-7-2-1-6-16(17)18)25(23,24)19-9-3-5-14-13-20-11-10-15(14)19/h1-3,5-7,9-11,13,18,22H,4,8,12H2. The molecule has 0 bridgehead atoms. The predicted octanol–water partition coefficient (Wildman–Crippen LogP) is 3.26. The molecule has 1 atom stereocenters. The van der Waals surface area contributed by atoms with Gasteiger partial charge in [0.15, 0.2) is 0 Å². The minimum atomic E-state index is -3.75. The molecule has 5 nitrogen and oxygen atoms in total. The Kier molecular flexibility index (Phi) is 3.94. The minimum Gasteiger partial charge on any atom is -0.388 e. The number of aliphatic hydroxyl groups is 1. The summed E-state index contributed by atoms with van der Waals surface area (Å²) in [7, 11) is -3.75. The first-order valence-corrected chi connectivity index (χ1v) is 9.65. The summed E-state index contributed by atoms with van der Waals surface area (Å²) >= 11 is 0. The number of nitrogens with zero attached hydrogens (tertiary/aromatic N) is 2. The smallest absolute Gasteiger partial charge is 0.264 e. The van der Waals surface area contributed by atoms with Crippen molar-refractivity contribution in [2.45, 2.75) is 23.8 Å². The summed E-state index contributed by atoms with van der Waals surface area (Å²) in [6.07, 6.45) is 3.76. The maximum Gasteiger partial charge on any atom is 0.264 e. The van der Waals surface area contributed by atoms with Crippen LogP contribution in [0, 0.1) is 0 Å². The van der Waals surface area contributed by atoms with E-state index in [1.807, 2.05) is 12.1 Å². The Labute approximate surface area is 146 Å². The molecule has 0 saturated carbocycles. The van der Waals surface area contributed by atoms with Crippen LogP contribution < -0.4 is 4.31 Å². The molecule has 6 heteroatoms. The third-order valence-electron chi connectivity index (χ3n) is 4.61. The SMILES string of the molecule is O=S(=O)(c1cccc2cnccc12)N1CCCC(O)c2ccccc21. The monoisotopic (exact) mass is 354 g/mol. The van der Waals surface area contributed by atoms with Gasteiger partial charge in [-0.1, -0.05) is 30.3 Å².